The Morgan fingerprint density at radius 1 is 1.20 bits per heavy atom. The second-order valence-electron chi connectivity index (χ2n) is 5.88. The lowest BCUT2D eigenvalue weighted by Gasteiger charge is -2.36. The lowest BCUT2D eigenvalue weighted by Crippen LogP contribution is -2.39. The number of likely N-dealkylation sites (N-methyl/N-ethyl adjacent to an activating group) is 1. The van der Waals surface area contributed by atoms with Crippen molar-refractivity contribution in [2.75, 3.05) is 7.05 Å². The topological polar surface area (TPSA) is 29.9 Å². The molecule has 3 rings (SSSR count). The van der Waals surface area contributed by atoms with Crippen LogP contribution in [0.2, 0.25) is 0 Å². The maximum absolute atomic E-state index is 4.54. The molecule has 0 spiro atoms. The van der Waals surface area contributed by atoms with E-state index in [0.717, 1.165) is 6.42 Å². The van der Waals surface area contributed by atoms with E-state index in [4.69, 9.17) is 0 Å². The first-order valence-corrected chi connectivity index (χ1v) is 7.51. The summed E-state index contributed by atoms with van der Waals surface area (Å²) in [6.07, 6.45) is 7.75. The van der Waals surface area contributed by atoms with Gasteiger partial charge in [0.15, 0.2) is 0 Å². The average molecular weight is 269 g/mol. The molecule has 1 aromatic carbocycles. The van der Waals surface area contributed by atoms with E-state index in [2.05, 4.69) is 65.6 Å². The summed E-state index contributed by atoms with van der Waals surface area (Å²) in [4.78, 5) is 0. The predicted molar refractivity (Wildman–Crippen MR) is 81.9 cm³/mol. The lowest BCUT2D eigenvalue weighted by atomic mass is 9.79. The van der Waals surface area contributed by atoms with E-state index in [1.807, 2.05) is 6.20 Å². The van der Waals surface area contributed by atoms with E-state index in [1.54, 1.807) is 0 Å². The van der Waals surface area contributed by atoms with Gasteiger partial charge >= 0.3 is 0 Å². The van der Waals surface area contributed by atoms with Crippen molar-refractivity contribution in [2.45, 2.75) is 44.2 Å². The minimum atomic E-state index is 0.452. The van der Waals surface area contributed by atoms with Gasteiger partial charge in [0.2, 0.25) is 0 Å². The fourth-order valence-corrected chi connectivity index (χ4v) is 3.42. The maximum atomic E-state index is 4.54. The van der Waals surface area contributed by atoms with Crippen LogP contribution in [0.1, 0.15) is 42.3 Å². The molecule has 20 heavy (non-hydrogen) atoms. The predicted octanol–water partition coefficient (Wildman–Crippen LogP) is 3.29. The molecule has 0 amide bonds. The van der Waals surface area contributed by atoms with Crippen molar-refractivity contribution in [3.05, 3.63) is 53.9 Å². The molecule has 2 aromatic rings. The van der Waals surface area contributed by atoms with E-state index in [9.17, 15) is 0 Å². The molecular formula is C17H23N3. The highest BCUT2D eigenvalue weighted by Crippen LogP contribution is 2.38. The third kappa shape index (κ3) is 2.63. The minimum absolute atomic E-state index is 0.452. The standard InChI is InChI=1S/C17H23N3/c1-13-11-19-20(12-13)17-10-15(8-9-16(17)18-2)14-6-4-3-5-7-14/h3-7,11-12,15-18H,8-10H2,1-2H3. The Balaban J connectivity index is 1.83. The highest BCUT2D eigenvalue weighted by Gasteiger charge is 2.31. The molecule has 1 aromatic heterocycles. The van der Waals surface area contributed by atoms with Crippen molar-refractivity contribution >= 4 is 0 Å². The zero-order valence-electron chi connectivity index (χ0n) is 12.3. The second-order valence-corrected chi connectivity index (χ2v) is 5.88. The number of rotatable bonds is 3. The number of benzene rings is 1. The summed E-state index contributed by atoms with van der Waals surface area (Å²) in [6.45, 7) is 2.11. The first-order chi connectivity index (χ1) is 9.78. The molecule has 1 aliphatic carbocycles. The van der Waals surface area contributed by atoms with Gasteiger partial charge in [-0.1, -0.05) is 30.3 Å². The molecule has 3 heteroatoms. The molecular weight excluding hydrogens is 246 g/mol. The van der Waals surface area contributed by atoms with Crippen LogP contribution < -0.4 is 5.32 Å². The van der Waals surface area contributed by atoms with E-state index in [1.165, 1.54) is 24.0 Å². The van der Waals surface area contributed by atoms with Gasteiger partial charge < -0.3 is 5.32 Å². The van der Waals surface area contributed by atoms with Crippen molar-refractivity contribution in [2.24, 2.45) is 0 Å². The zero-order valence-corrected chi connectivity index (χ0v) is 12.3. The van der Waals surface area contributed by atoms with Gasteiger partial charge in [0.1, 0.15) is 0 Å². The van der Waals surface area contributed by atoms with Crippen molar-refractivity contribution in [3.63, 3.8) is 0 Å². The second kappa shape index (κ2) is 5.80. The highest BCUT2D eigenvalue weighted by molar-refractivity contribution is 5.21. The molecule has 3 atom stereocenters. The maximum Gasteiger partial charge on any atom is 0.0677 e. The monoisotopic (exact) mass is 269 g/mol. The van der Waals surface area contributed by atoms with Gasteiger partial charge in [-0.2, -0.15) is 5.10 Å². The molecule has 3 unspecified atom stereocenters. The molecule has 1 saturated carbocycles. The highest BCUT2D eigenvalue weighted by atomic mass is 15.3. The van der Waals surface area contributed by atoms with Gasteiger partial charge in [-0.25, -0.2) is 0 Å². The minimum Gasteiger partial charge on any atom is -0.315 e. The molecule has 0 radical (unpaired) electrons. The Labute approximate surface area is 121 Å². The van der Waals surface area contributed by atoms with Crippen molar-refractivity contribution < 1.29 is 0 Å². The number of nitrogens with zero attached hydrogens (tertiary/aromatic N) is 2. The third-order valence-electron chi connectivity index (χ3n) is 4.53. The van der Waals surface area contributed by atoms with Gasteiger partial charge in [-0.3, -0.25) is 4.68 Å². The molecule has 106 valence electrons. The largest absolute Gasteiger partial charge is 0.315 e. The summed E-state index contributed by atoms with van der Waals surface area (Å²) in [5, 5.41) is 8.02. The van der Waals surface area contributed by atoms with Crippen LogP contribution in [0.25, 0.3) is 0 Å². The SMILES string of the molecule is CNC1CCC(c2ccccc2)CC1n1cc(C)cn1. The van der Waals surface area contributed by atoms with Crippen LogP contribution in [0.5, 0.6) is 0 Å². The van der Waals surface area contributed by atoms with Crippen LogP contribution >= 0.6 is 0 Å². The van der Waals surface area contributed by atoms with E-state index in [-0.39, 0.29) is 0 Å². The summed E-state index contributed by atoms with van der Waals surface area (Å²) in [6, 6.07) is 11.9. The lowest BCUT2D eigenvalue weighted by molar-refractivity contribution is 0.235. The molecule has 0 saturated heterocycles. The summed E-state index contributed by atoms with van der Waals surface area (Å²) in [5.41, 5.74) is 2.71. The fourth-order valence-electron chi connectivity index (χ4n) is 3.42. The van der Waals surface area contributed by atoms with Crippen LogP contribution in [0, 0.1) is 6.92 Å². The Bertz CT molecular complexity index is 546. The molecule has 0 bridgehead atoms. The fraction of sp³-hybridized carbons (Fsp3) is 0.471. The Morgan fingerprint density at radius 2 is 2.00 bits per heavy atom. The molecule has 3 nitrogen and oxygen atoms in total. The van der Waals surface area contributed by atoms with Crippen molar-refractivity contribution in [3.8, 4) is 0 Å². The van der Waals surface area contributed by atoms with Crippen LogP contribution in [-0.2, 0) is 0 Å². The summed E-state index contributed by atoms with van der Waals surface area (Å²) < 4.78 is 2.16. The van der Waals surface area contributed by atoms with Crippen molar-refractivity contribution in [1.29, 1.82) is 0 Å². The number of aromatic nitrogens is 2. The van der Waals surface area contributed by atoms with Crippen LogP contribution in [0.4, 0.5) is 0 Å². The van der Waals surface area contributed by atoms with Crippen LogP contribution in [0.15, 0.2) is 42.7 Å². The average Bonchev–Trinajstić information content (AvgIpc) is 2.94. The molecule has 1 N–H and O–H groups in total. The van der Waals surface area contributed by atoms with Crippen molar-refractivity contribution in [1.82, 2.24) is 15.1 Å². The summed E-state index contributed by atoms with van der Waals surface area (Å²) >= 11 is 0. The molecule has 1 fully saturated rings. The quantitative estimate of drug-likeness (QED) is 0.926. The number of nitrogens with one attached hydrogen (secondary N) is 1. The van der Waals surface area contributed by atoms with Gasteiger partial charge in [-0.05, 0) is 50.3 Å². The first kappa shape index (κ1) is 13.4. The van der Waals surface area contributed by atoms with E-state index in [0.29, 0.717) is 18.0 Å². The summed E-state index contributed by atoms with van der Waals surface area (Å²) in [7, 11) is 2.07. The number of hydrogen-bond acceptors (Lipinski definition) is 2. The van der Waals surface area contributed by atoms with E-state index >= 15 is 0 Å². The third-order valence-corrected chi connectivity index (χ3v) is 4.53. The van der Waals surface area contributed by atoms with Gasteiger partial charge in [-0.15, -0.1) is 0 Å². The Hall–Kier alpha value is -1.61. The normalized spacial score (nSPS) is 26.6. The van der Waals surface area contributed by atoms with Gasteiger partial charge in [0.25, 0.3) is 0 Å². The van der Waals surface area contributed by atoms with Crippen LogP contribution in [-0.4, -0.2) is 22.9 Å². The zero-order chi connectivity index (χ0) is 13.9. The number of aryl methyl sites for hydroxylation is 1. The first-order valence-electron chi connectivity index (χ1n) is 7.51. The molecule has 0 aliphatic heterocycles. The molecule has 1 aliphatic rings. The molecule has 1 heterocycles. The van der Waals surface area contributed by atoms with Gasteiger partial charge in [0.05, 0.1) is 12.2 Å². The number of hydrogen-bond donors (Lipinski definition) is 1. The van der Waals surface area contributed by atoms with Gasteiger partial charge in [0, 0.05) is 12.2 Å². The Kier molecular flexibility index (Phi) is 3.88. The van der Waals surface area contributed by atoms with E-state index < -0.39 is 0 Å². The van der Waals surface area contributed by atoms with Crippen LogP contribution in [0.3, 0.4) is 0 Å². The summed E-state index contributed by atoms with van der Waals surface area (Å²) in [5.74, 6) is 0.648. The smallest absolute Gasteiger partial charge is 0.0677 e. The Morgan fingerprint density at radius 3 is 2.65 bits per heavy atom.